The van der Waals surface area contributed by atoms with Crippen LogP contribution in [0.15, 0.2) is 42.5 Å². The fourth-order valence-electron chi connectivity index (χ4n) is 2.20. The fraction of sp³-hybridized carbons (Fsp3) is 0.267. The van der Waals surface area contributed by atoms with Gasteiger partial charge in [-0.25, -0.2) is 4.79 Å². The number of benzene rings is 2. The van der Waals surface area contributed by atoms with E-state index in [1.807, 2.05) is 42.5 Å². The molecular weight excluding hydrogens is 226 g/mol. The molecule has 1 N–H and O–H groups in total. The van der Waals surface area contributed by atoms with E-state index in [1.165, 1.54) is 0 Å². The van der Waals surface area contributed by atoms with Gasteiger partial charge in [0.05, 0.1) is 0 Å². The van der Waals surface area contributed by atoms with Crippen molar-refractivity contribution in [3.8, 4) is 0 Å². The number of likely N-dealkylation sites (N-methyl/N-ethyl adjacent to an activating group) is 1. The van der Waals surface area contributed by atoms with Gasteiger partial charge in [0.1, 0.15) is 5.54 Å². The van der Waals surface area contributed by atoms with Crippen molar-refractivity contribution in [3.63, 3.8) is 0 Å². The van der Waals surface area contributed by atoms with Crippen LogP contribution in [0.25, 0.3) is 10.8 Å². The smallest absolute Gasteiger partial charge is 0.328 e. The van der Waals surface area contributed by atoms with Crippen LogP contribution in [0.5, 0.6) is 0 Å². The summed E-state index contributed by atoms with van der Waals surface area (Å²) < 4.78 is 0. The standard InChI is InChI=1S/C15H17NO2/c1-15(14(17)18,16(2)3)13-10-6-8-11-7-4-5-9-12(11)13/h4-10H,1-3H3,(H,17,18). The van der Waals surface area contributed by atoms with E-state index in [4.69, 9.17) is 0 Å². The molecule has 0 saturated carbocycles. The second-order valence-electron chi connectivity index (χ2n) is 4.80. The Balaban J connectivity index is 2.77. The summed E-state index contributed by atoms with van der Waals surface area (Å²) in [5, 5.41) is 11.6. The number of hydrogen-bond donors (Lipinski definition) is 1. The third-order valence-electron chi connectivity index (χ3n) is 3.62. The molecule has 2 aromatic rings. The van der Waals surface area contributed by atoms with E-state index in [0.29, 0.717) is 0 Å². The lowest BCUT2D eigenvalue weighted by atomic mass is 9.87. The molecule has 3 heteroatoms. The minimum atomic E-state index is -1.03. The summed E-state index contributed by atoms with van der Waals surface area (Å²) in [6.07, 6.45) is 0. The third-order valence-corrected chi connectivity index (χ3v) is 3.62. The van der Waals surface area contributed by atoms with Crippen molar-refractivity contribution in [2.24, 2.45) is 0 Å². The number of aliphatic carboxylic acids is 1. The third kappa shape index (κ3) is 1.77. The molecule has 0 radical (unpaired) electrons. The minimum Gasteiger partial charge on any atom is -0.480 e. The Kier molecular flexibility index (Phi) is 3.09. The molecule has 18 heavy (non-hydrogen) atoms. The summed E-state index contributed by atoms with van der Waals surface area (Å²) in [5.74, 6) is -0.844. The average Bonchev–Trinajstić information content (AvgIpc) is 2.36. The van der Waals surface area contributed by atoms with E-state index < -0.39 is 11.5 Å². The van der Waals surface area contributed by atoms with Crippen LogP contribution in [0.2, 0.25) is 0 Å². The van der Waals surface area contributed by atoms with Crippen LogP contribution < -0.4 is 0 Å². The number of rotatable bonds is 3. The van der Waals surface area contributed by atoms with Gasteiger partial charge in [-0.3, -0.25) is 4.90 Å². The second-order valence-corrected chi connectivity index (χ2v) is 4.80. The summed E-state index contributed by atoms with van der Waals surface area (Å²) in [6.45, 7) is 1.73. The average molecular weight is 243 g/mol. The predicted octanol–water partition coefficient (Wildman–Crippen LogP) is 2.70. The highest BCUT2D eigenvalue weighted by Gasteiger charge is 2.38. The Labute approximate surface area is 107 Å². The number of carboxylic acids is 1. The van der Waals surface area contributed by atoms with Crippen LogP contribution in [0, 0.1) is 0 Å². The highest BCUT2D eigenvalue weighted by Crippen LogP contribution is 2.32. The van der Waals surface area contributed by atoms with Gasteiger partial charge < -0.3 is 5.11 Å². The van der Waals surface area contributed by atoms with E-state index in [1.54, 1.807) is 25.9 Å². The van der Waals surface area contributed by atoms with Gasteiger partial charge in [-0.05, 0) is 37.4 Å². The van der Waals surface area contributed by atoms with Gasteiger partial charge >= 0.3 is 5.97 Å². The van der Waals surface area contributed by atoms with Gasteiger partial charge in [0.2, 0.25) is 0 Å². The van der Waals surface area contributed by atoms with Crippen molar-refractivity contribution < 1.29 is 9.90 Å². The van der Waals surface area contributed by atoms with Crippen LogP contribution in [-0.2, 0) is 10.3 Å². The Bertz CT molecular complexity index is 587. The number of hydrogen-bond acceptors (Lipinski definition) is 2. The fourth-order valence-corrected chi connectivity index (χ4v) is 2.20. The molecule has 2 aromatic carbocycles. The number of nitrogens with zero attached hydrogens (tertiary/aromatic N) is 1. The van der Waals surface area contributed by atoms with Crippen molar-refractivity contribution >= 4 is 16.7 Å². The van der Waals surface area contributed by atoms with Crippen LogP contribution in [0.1, 0.15) is 12.5 Å². The van der Waals surface area contributed by atoms with E-state index in [9.17, 15) is 9.90 Å². The first-order chi connectivity index (χ1) is 8.48. The normalized spacial score (nSPS) is 14.7. The molecule has 0 aliphatic carbocycles. The van der Waals surface area contributed by atoms with Gasteiger partial charge in [0.15, 0.2) is 0 Å². The molecule has 0 aliphatic rings. The first-order valence-electron chi connectivity index (χ1n) is 5.87. The molecule has 0 spiro atoms. The molecule has 0 heterocycles. The van der Waals surface area contributed by atoms with Gasteiger partial charge in [0.25, 0.3) is 0 Å². The largest absolute Gasteiger partial charge is 0.480 e. The molecule has 94 valence electrons. The molecule has 3 nitrogen and oxygen atoms in total. The molecule has 2 rings (SSSR count). The van der Waals surface area contributed by atoms with Crippen molar-refractivity contribution in [1.29, 1.82) is 0 Å². The topological polar surface area (TPSA) is 40.5 Å². The van der Waals surface area contributed by atoms with Crippen molar-refractivity contribution in [2.45, 2.75) is 12.5 Å². The number of carboxylic acid groups (broad SMARTS) is 1. The lowest BCUT2D eigenvalue weighted by molar-refractivity contribution is -0.149. The molecule has 0 aromatic heterocycles. The second kappa shape index (κ2) is 4.42. The molecule has 1 unspecified atom stereocenters. The Morgan fingerprint density at radius 3 is 2.33 bits per heavy atom. The van der Waals surface area contributed by atoms with Gasteiger partial charge in [-0.1, -0.05) is 42.5 Å². The zero-order valence-electron chi connectivity index (χ0n) is 10.8. The Hall–Kier alpha value is -1.87. The van der Waals surface area contributed by atoms with Crippen molar-refractivity contribution in [1.82, 2.24) is 4.90 Å². The van der Waals surface area contributed by atoms with Gasteiger partial charge in [-0.2, -0.15) is 0 Å². The summed E-state index contributed by atoms with van der Waals surface area (Å²) in [5.41, 5.74) is -0.209. The highest BCUT2D eigenvalue weighted by atomic mass is 16.4. The SMILES string of the molecule is CN(C)C(C)(C(=O)O)c1cccc2ccccc12. The van der Waals surface area contributed by atoms with E-state index in [-0.39, 0.29) is 0 Å². The monoisotopic (exact) mass is 243 g/mol. The van der Waals surface area contributed by atoms with Gasteiger partial charge in [-0.15, -0.1) is 0 Å². The maximum atomic E-state index is 11.7. The minimum absolute atomic E-state index is 0.818. The summed E-state index contributed by atoms with van der Waals surface area (Å²) in [6, 6.07) is 13.6. The summed E-state index contributed by atoms with van der Waals surface area (Å²) in [4.78, 5) is 13.4. The molecular formula is C15H17NO2. The summed E-state index contributed by atoms with van der Waals surface area (Å²) in [7, 11) is 3.58. The summed E-state index contributed by atoms with van der Waals surface area (Å²) >= 11 is 0. The first kappa shape index (κ1) is 12.6. The van der Waals surface area contributed by atoms with Crippen LogP contribution >= 0.6 is 0 Å². The van der Waals surface area contributed by atoms with Crippen LogP contribution in [0.4, 0.5) is 0 Å². The van der Waals surface area contributed by atoms with E-state index in [2.05, 4.69) is 0 Å². The molecule has 0 amide bonds. The van der Waals surface area contributed by atoms with E-state index in [0.717, 1.165) is 16.3 Å². The van der Waals surface area contributed by atoms with E-state index >= 15 is 0 Å². The zero-order chi connectivity index (χ0) is 13.3. The molecule has 0 fully saturated rings. The Morgan fingerprint density at radius 1 is 1.11 bits per heavy atom. The molecule has 0 aliphatic heterocycles. The number of fused-ring (bicyclic) bond motifs is 1. The lowest BCUT2D eigenvalue weighted by Gasteiger charge is -2.33. The maximum Gasteiger partial charge on any atom is 0.328 e. The van der Waals surface area contributed by atoms with Crippen LogP contribution in [-0.4, -0.2) is 30.1 Å². The molecule has 1 atom stereocenters. The van der Waals surface area contributed by atoms with Gasteiger partial charge in [0, 0.05) is 0 Å². The maximum absolute atomic E-state index is 11.7. The first-order valence-corrected chi connectivity index (χ1v) is 5.87. The molecule has 0 bridgehead atoms. The molecule has 0 saturated heterocycles. The highest BCUT2D eigenvalue weighted by molar-refractivity contribution is 5.92. The lowest BCUT2D eigenvalue weighted by Crippen LogP contribution is -2.45. The Morgan fingerprint density at radius 2 is 1.72 bits per heavy atom. The van der Waals surface area contributed by atoms with Crippen LogP contribution in [0.3, 0.4) is 0 Å². The predicted molar refractivity (Wildman–Crippen MR) is 72.6 cm³/mol. The zero-order valence-corrected chi connectivity index (χ0v) is 10.8. The van der Waals surface area contributed by atoms with Crippen molar-refractivity contribution in [3.05, 3.63) is 48.0 Å². The number of carbonyl (C=O) groups is 1. The van der Waals surface area contributed by atoms with Crippen molar-refractivity contribution in [2.75, 3.05) is 14.1 Å². The quantitative estimate of drug-likeness (QED) is 0.901.